The van der Waals surface area contributed by atoms with Gasteiger partial charge in [-0.1, -0.05) is 152 Å². The van der Waals surface area contributed by atoms with Crippen LogP contribution in [0.1, 0.15) is 120 Å². The van der Waals surface area contributed by atoms with Crippen LogP contribution in [0.4, 0.5) is 0 Å². The molecule has 7 aromatic heterocycles. The van der Waals surface area contributed by atoms with E-state index in [0.717, 1.165) is 106 Å². The molecule has 6 aromatic carbocycles. The molecule has 13 aromatic rings. The van der Waals surface area contributed by atoms with Crippen LogP contribution >= 0.6 is 22.6 Å². The normalized spacial score (nSPS) is 13.7. The van der Waals surface area contributed by atoms with Crippen LogP contribution in [0.2, 0.25) is 0 Å². The number of imidazole rings is 4. The maximum atomic E-state index is 11.9. The molecule has 2 amide bonds. The third-order valence-electron chi connectivity index (χ3n) is 17.6. The number of carbonyl (C=O) groups excluding carboxylic acids is 2. The first kappa shape index (κ1) is 78.9. The molecule has 2 saturated heterocycles. The zero-order chi connectivity index (χ0) is 76.7. The molecule has 23 heteroatoms. The fourth-order valence-corrected chi connectivity index (χ4v) is 11.7. The van der Waals surface area contributed by atoms with Crippen LogP contribution < -0.4 is 25.0 Å². The number of carboxylic acids is 1. The Morgan fingerprint density at radius 1 is 0.519 bits per heavy atom. The Morgan fingerprint density at radius 3 is 1.39 bits per heavy atom. The van der Waals surface area contributed by atoms with E-state index in [4.69, 9.17) is 33.6 Å². The zero-order valence-corrected chi connectivity index (χ0v) is 64.6. The van der Waals surface area contributed by atoms with Crippen molar-refractivity contribution in [3.05, 3.63) is 315 Å². The highest BCUT2D eigenvalue weighted by atomic mass is 127. The van der Waals surface area contributed by atoms with Crippen LogP contribution in [0.3, 0.4) is 0 Å². The summed E-state index contributed by atoms with van der Waals surface area (Å²) in [6.07, 6.45) is 8.41. The number of hydrogen-bond donors (Lipinski definition) is 4. The van der Waals surface area contributed by atoms with Crippen molar-refractivity contribution in [1.82, 2.24) is 59.3 Å². The van der Waals surface area contributed by atoms with Crippen molar-refractivity contribution in [2.45, 2.75) is 126 Å². The number of aryl methyl sites for hydroxylation is 7. The highest BCUT2D eigenvalue weighted by Crippen LogP contribution is 2.38. The van der Waals surface area contributed by atoms with E-state index in [2.05, 4.69) is 84.5 Å². The minimum absolute atomic E-state index is 0.203. The van der Waals surface area contributed by atoms with Gasteiger partial charge in [0.25, 0.3) is 0 Å². The number of rotatable bonds is 16. The van der Waals surface area contributed by atoms with Crippen molar-refractivity contribution < 1.29 is 43.0 Å². The number of ether oxygens (including phenoxy) is 3. The highest BCUT2D eigenvalue weighted by Gasteiger charge is 2.53. The predicted molar refractivity (Wildman–Crippen MR) is 427 cm³/mol. The first-order valence-electron chi connectivity index (χ1n) is 35.3. The van der Waals surface area contributed by atoms with E-state index in [-0.39, 0.29) is 28.9 Å². The first-order chi connectivity index (χ1) is 51.9. The van der Waals surface area contributed by atoms with Crippen LogP contribution in [0.25, 0.3) is 33.9 Å². The molecule has 2 aliphatic heterocycles. The number of para-hydroxylation sites is 2. The standard InChI is InChI=1S/C23H21N3O.C19H24BNO3.C17H17N3O.C15H15N3O2.C7H6O2.C4H5IN2/c1-17-13-14-21(23(24-17)27-16-19-9-5-3-6-10-19)22-15-26(18(2)25-22)20-11-7-4-8-12-20;1-14-11-12-16(20-23-18(2,3)19(4,5)24-20)17(21-14)22-13-15-9-7-6-8-10-15;1-12-8-9-15(16-10-18-13(2)20-16)17(19-12)21-11-14-6-4-3-5-7-14;1-10-16-13(12-7-8-14(19)17-15(12)20)9-18(10)11-5-3-2-4-6-11;8-7(9)6-4-2-1-3-5-6;1-3-6-2-4(5)7-3/h3-15H,16H2,1-2H3;6-12H,13H2,1-5H3;3-10H,11H2,1-2H3,(H,18,20);2-6,9,12H,7-8H2,1H3,(H,17,19,20);1-5H,(H,8,9);2H,1H3,(H,6,7). The van der Waals surface area contributed by atoms with Gasteiger partial charge >= 0.3 is 13.1 Å². The highest BCUT2D eigenvalue weighted by molar-refractivity contribution is 14.1. The molecule has 4 N–H and O–H groups in total. The van der Waals surface area contributed by atoms with Crippen molar-refractivity contribution in [2.24, 2.45) is 0 Å². The molecule has 108 heavy (non-hydrogen) atoms. The zero-order valence-electron chi connectivity index (χ0n) is 62.4. The molecule has 1 unspecified atom stereocenters. The van der Waals surface area contributed by atoms with Gasteiger partial charge in [-0.05, 0) is 189 Å². The second kappa shape index (κ2) is 37.5. The molecule has 0 saturated carbocycles. The van der Waals surface area contributed by atoms with Gasteiger partial charge in [0.15, 0.2) is 0 Å². The lowest BCUT2D eigenvalue weighted by atomic mass is 9.79. The summed E-state index contributed by atoms with van der Waals surface area (Å²) in [5.41, 5.74) is 12.9. The van der Waals surface area contributed by atoms with Crippen LogP contribution in [0.5, 0.6) is 17.6 Å². The maximum Gasteiger partial charge on any atom is 0.500 e. The van der Waals surface area contributed by atoms with E-state index in [1.165, 1.54) is 0 Å². The van der Waals surface area contributed by atoms with Crippen LogP contribution in [-0.2, 0) is 38.7 Å². The van der Waals surface area contributed by atoms with Gasteiger partial charge in [-0.2, -0.15) is 0 Å². The van der Waals surface area contributed by atoms with Gasteiger partial charge in [-0.25, -0.2) is 39.7 Å². The fraction of sp³-hybridized carbons (Fsp3) is 0.224. The lowest BCUT2D eigenvalue weighted by molar-refractivity contribution is -0.134. The topological polar surface area (TPSA) is 261 Å². The molecular formula is C85H88BIN12O9. The van der Waals surface area contributed by atoms with E-state index >= 15 is 0 Å². The summed E-state index contributed by atoms with van der Waals surface area (Å²) >= 11 is 2.18. The first-order valence-corrected chi connectivity index (χ1v) is 36.4. The number of carboxylic acid groups (broad SMARTS) is 1. The van der Waals surface area contributed by atoms with Crippen LogP contribution in [-0.4, -0.2) is 95.2 Å². The number of amides is 2. The van der Waals surface area contributed by atoms with E-state index in [1.54, 1.807) is 42.7 Å². The predicted octanol–water partition coefficient (Wildman–Crippen LogP) is 16.5. The molecule has 0 aliphatic carbocycles. The quantitative estimate of drug-likeness (QED) is 0.0398. The van der Waals surface area contributed by atoms with Gasteiger partial charge in [-0.3, -0.25) is 14.9 Å². The summed E-state index contributed by atoms with van der Waals surface area (Å²) in [4.78, 5) is 70.6. The number of H-pyrrole nitrogens is 2. The molecule has 0 bridgehead atoms. The summed E-state index contributed by atoms with van der Waals surface area (Å²) in [5, 5.41) is 10.8. The van der Waals surface area contributed by atoms with E-state index < -0.39 is 13.1 Å². The number of aromatic nitrogens is 11. The average Bonchev–Trinajstić information content (AvgIpc) is 1.63. The number of carbonyl (C=O) groups is 3. The molecule has 552 valence electrons. The number of halogens is 1. The van der Waals surface area contributed by atoms with Gasteiger partial charge in [-0.15, -0.1) is 0 Å². The largest absolute Gasteiger partial charge is 0.500 e. The van der Waals surface area contributed by atoms with Gasteiger partial charge < -0.3 is 47.7 Å². The maximum absolute atomic E-state index is 11.9. The Morgan fingerprint density at radius 2 is 0.944 bits per heavy atom. The second-order valence-electron chi connectivity index (χ2n) is 26.5. The van der Waals surface area contributed by atoms with Gasteiger partial charge in [0.2, 0.25) is 29.5 Å². The Balaban J connectivity index is 0.000000144. The second-order valence-corrected chi connectivity index (χ2v) is 27.7. The minimum Gasteiger partial charge on any atom is -0.478 e. The number of aromatic carboxylic acids is 1. The van der Waals surface area contributed by atoms with Crippen molar-refractivity contribution in [3.63, 3.8) is 0 Å². The van der Waals surface area contributed by atoms with E-state index in [0.29, 0.717) is 55.9 Å². The van der Waals surface area contributed by atoms with Crippen molar-refractivity contribution in [2.75, 3.05) is 0 Å². The van der Waals surface area contributed by atoms with Crippen molar-refractivity contribution >= 4 is 53.0 Å². The van der Waals surface area contributed by atoms with Crippen LogP contribution in [0, 0.1) is 52.2 Å². The Bertz CT molecular complexity index is 5030. The summed E-state index contributed by atoms with van der Waals surface area (Å²) in [7, 11) is -0.478. The van der Waals surface area contributed by atoms with Crippen molar-refractivity contribution in [1.29, 1.82) is 0 Å². The third kappa shape index (κ3) is 22.2. The van der Waals surface area contributed by atoms with Crippen molar-refractivity contribution in [3.8, 4) is 51.5 Å². The number of nitrogens with one attached hydrogen (secondary N) is 3. The summed E-state index contributed by atoms with van der Waals surface area (Å²) < 4.78 is 35.4. The molecule has 0 spiro atoms. The Hall–Kier alpha value is -11.7. The van der Waals surface area contributed by atoms with E-state index in [1.807, 2.05) is 269 Å². The summed E-state index contributed by atoms with van der Waals surface area (Å²) in [6, 6.07) is 70.5. The average molecular weight is 1560 g/mol. The van der Waals surface area contributed by atoms with E-state index in [9.17, 15) is 14.4 Å². The van der Waals surface area contributed by atoms with Gasteiger partial charge in [0, 0.05) is 52.7 Å². The molecule has 2 aliphatic rings. The molecule has 15 rings (SSSR count). The number of pyridine rings is 3. The minimum atomic E-state index is -0.879. The molecule has 21 nitrogen and oxygen atoms in total. The summed E-state index contributed by atoms with van der Waals surface area (Å²) in [5.74, 6) is 3.73. The lowest BCUT2D eigenvalue weighted by Crippen LogP contribution is -2.41. The SMILES string of the molecule is Cc1ccc(-c2cn(-c3ccccc3)c(C)n2)c(OCc2ccccc2)n1.Cc1ccc(-c2cnc(C)[nH]2)c(OCc2ccccc2)n1.Cc1ccc(B2OC(C)(C)C(C)(C)O2)c(OCc2ccccc2)n1.Cc1nc(C2CCC(=O)NC2=O)cn1-c1ccccc1.Cc1ncc(I)[nH]1.O=C(O)c1ccccc1. The van der Waals surface area contributed by atoms with Crippen LogP contribution in [0.15, 0.2) is 243 Å². The smallest absolute Gasteiger partial charge is 0.478 e. The Kier molecular flexibility index (Phi) is 27.4. The summed E-state index contributed by atoms with van der Waals surface area (Å²) in [6.45, 7) is 23.2. The molecular weight excluding hydrogens is 1470 g/mol. The third-order valence-corrected chi connectivity index (χ3v) is 18.1. The molecule has 9 heterocycles. The number of benzene rings is 6. The Labute approximate surface area is 644 Å². The monoisotopic (exact) mass is 1560 g/mol. The number of hydrogen-bond acceptors (Lipinski definition) is 15. The number of aromatic amines is 2. The molecule has 1 atom stereocenters. The number of nitrogens with zero attached hydrogens (tertiary/aromatic N) is 9. The number of piperidine rings is 1. The molecule has 0 radical (unpaired) electrons. The molecule has 2 fully saturated rings. The van der Waals surface area contributed by atoms with Gasteiger partial charge in [0.1, 0.15) is 43.1 Å². The lowest BCUT2D eigenvalue weighted by Gasteiger charge is -2.32. The fourth-order valence-electron chi connectivity index (χ4n) is 11.1. The van der Waals surface area contributed by atoms with Gasteiger partial charge in [0.05, 0.1) is 67.0 Å². The number of imide groups is 1.